The van der Waals surface area contributed by atoms with Gasteiger partial charge in [-0.05, 0) is 25.7 Å². The molecule has 2 radical (unpaired) electrons. The summed E-state index contributed by atoms with van der Waals surface area (Å²) in [5.41, 5.74) is 0. The normalized spacial score (nSPS) is 11.6. The molecule has 0 nitrogen and oxygen atoms in total. The Labute approximate surface area is 167 Å². The first kappa shape index (κ1) is 25.7. The standard InChI is InChI=1S/C26H50/c1-3-5-7-9-11-13-15-17-19-21-23-25-26-24-22-20-18-16-14-12-10-8-6-4-2/h11,13H,1-10,12,14-26H2. The van der Waals surface area contributed by atoms with E-state index in [-0.39, 0.29) is 0 Å². The Kier molecular flexibility index (Phi) is 24.5. The van der Waals surface area contributed by atoms with Crippen molar-refractivity contribution >= 4 is 0 Å². The Morgan fingerprint density at radius 1 is 0.308 bits per heavy atom. The SMILES string of the molecule is [CH2]CCCCC=CCCCCCCCCCCCCCCCCCC[CH2]. The monoisotopic (exact) mass is 362 g/mol. The van der Waals surface area contributed by atoms with Crippen molar-refractivity contribution in [2.24, 2.45) is 0 Å². The van der Waals surface area contributed by atoms with Gasteiger partial charge in [0.15, 0.2) is 0 Å². The van der Waals surface area contributed by atoms with E-state index >= 15 is 0 Å². The van der Waals surface area contributed by atoms with Crippen molar-refractivity contribution in [3.8, 4) is 0 Å². The summed E-state index contributed by atoms with van der Waals surface area (Å²) in [7, 11) is 0. The fraction of sp³-hybridized carbons (Fsp3) is 0.846. The third-order valence-corrected chi connectivity index (χ3v) is 5.41. The van der Waals surface area contributed by atoms with E-state index in [4.69, 9.17) is 0 Å². The lowest BCUT2D eigenvalue weighted by atomic mass is 10.0. The van der Waals surface area contributed by atoms with E-state index in [9.17, 15) is 0 Å². The smallest absolute Gasteiger partial charge is 0.0351 e. The predicted octanol–water partition coefficient (Wildman–Crippen LogP) is 9.79. The maximum atomic E-state index is 3.91. The Balaban J connectivity index is 3.01. The van der Waals surface area contributed by atoms with Crippen molar-refractivity contribution < 1.29 is 0 Å². The average Bonchev–Trinajstić information content (AvgIpc) is 2.66. The van der Waals surface area contributed by atoms with Crippen LogP contribution in [0.2, 0.25) is 0 Å². The van der Waals surface area contributed by atoms with Gasteiger partial charge in [0, 0.05) is 0 Å². The summed E-state index contributed by atoms with van der Waals surface area (Å²) < 4.78 is 0. The second-order valence-corrected chi connectivity index (χ2v) is 8.12. The highest BCUT2D eigenvalue weighted by molar-refractivity contribution is 4.81. The lowest BCUT2D eigenvalue weighted by Gasteiger charge is -2.03. The number of hydrogen-bond donors (Lipinski definition) is 0. The maximum Gasteiger partial charge on any atom is -0.0351 e. The fourth-order valence-corrected chi connectivity index (χ4v) is 3.59. The molecule has 0 aliphatic carbocycles. The molecule has 0 aliphatic heterocycles. The quantitative estimate of drug-likeness (QED) is 0.133. The van der Waals surface area contributed by atoms with Crippen LogP contribution in [0, 0.1) is 13.8 Å². The van der Waals surface area contributed by atoms with Crippen LogP contribution in [0.15, 0.2) is 12.2 Å². The maximum absolute atomic E-state index is 3.91. The molecule has 0 amide bonds. The fourth-order valence-electron chi connectivity index (χ4n) is 3.59. The first-order chi connectivity index (χ1) is 12.9. The number of unbranched alkanes of at least 4 members (excludes halogenated alkanes) is 20. The van der Waals surface area contributed by atoms with Gasteiger partial charge in [0.2, 0.25) is 0 Å². The minimum Gasteiger partial charge on any atom is -0.0885 e. The van der Waals surface area contributed by atoms with Crippen LogP contribution in [0.4, 0.5) is 0 Å². The van der Waals surface area contributed by atoms with Crippen LogP contribution < -0.4 is 0 Å². The van der Waals surface area contributed by atoms with E-state index in [1.807, 2.05) is 0 Å². The summed E-state index contributed by atoms with van der Waals surface area (Å²) in [6.45, 7) is 7.79. The van der Waals surface area contributed by atoms with Gasteiger partial charge in [-0.3, -0.25) is 0 Å². The summed E-state index contributed by atoms with van der Waals surface area (Å²) in [5, 5.41) is 0. The van der Waals surface area contributed by atoms with Gasteiger partial charge in [-0.25, -0.2) is 0 Å². The number of hydrogen-bond acceptors (Lipinski definition) is 0. The van der Waals surface area contributed by atoms with Crippen molar-refractivity contribution in [1.82, 2.24) is 0 Å². The Morgan fingerprint density at radius 3 is 0.885 bits per heavy atom. The summed E-state index contributed by atoms with van der Waals surface area (Å²) in [6, 6.07) is 0. The topological polar surface area (TPSA) is 0 Å². The molecule has 0 unspecified atom stereocenters. The first-order valence-electron chi connectivity index (χ1n) is 12.1. The van der Waals surface area contributed by atoms with Gasteiger partial charge in [-0.15, -0.1) is 0 Å². The number of allylic oxidation sites excluding steroid dienone is 2. The molecule has 0 atom stereocenters. The zero-order valence-electron chi connectivity index (χ0n) is 18.1. The van der Waals surface area contributed by atoms with Crippen LogP contribution >= 0.6 is 0 Å². The average molecular weight is 363 g/mol. The van der Waals surface area contributed by atoms with Crippen LogP contribution in [-0.2, 0) is 0 Å². The predicted molar refractivity (Wildman–Crippen MR) is 121 cm³/mol. The Hall–Kier alpha value is -0.260. The Bertz CT molecular complexity index is 253. The largest absolute Gasteiger partial charge is 0.0885 e. The second kappa shape index (κ2) is 24.7. The van der Waals surface area contributed by atoms with Gasteiger partial charge >= 0.3 is 0 Å². The summed E-state index contributed by atoms with van der Waals surface area (Å²) >= 11 is 0. The molecule has 0 aromatic rings. The number of rotatable bonds is 22. The molecule has 0 aromatic carbocycles. The first-order valence-corrected chi connectivity index (χ1v) is 12.1. The zero-order valence-corrected chi connectivity index (χ0v) is 18.1. The molecular formula is C26H50. The molecule has 0 rings (SSSR count). The molecule has 0 heterocycles. The van der Waals surface area contributed by atoms with Crippen LogP contribution in [0.25, 0.3) is 0 Å². The van der Waals surface area contributed by atoms with Crippen LogP contribution in [0.1, 0.15) is 141 Å². The molecule has 0 saturated carbocycles. The minimum absolute atomic E-state index is 1.09. The van der Waals surface area contributed by atoms with Gasteiger partial charge in [0.25, 0.3) is 0 Å². The van der Waals surface area contributed by atoms with E-state index in [1.54, 1.807) is 0 Å². The third-order valence-electron chi connectivity index (χ3n) is 5.41. The molecule has 0 saturated heterocycles. The zero-order chi connectivity index (χ0) is 19.0. The van der Waals surface area contributed by atoms with Crippen molar-refractivity contribution in [3.63, 3.8) is 0 Å². The van der Waals surface area contributed by atoms with Gasteiger partial charge in [0.05, 0.1) is 0 Å². The van der Waals surface area contributed by atoms with Gasteiger partial charge in [-0.2, -0.15) is 0 Å². The summed E-state index contributed by atoms with van der Waals surface area (Å²) in [5.74, 6) is 0. The van der Waals surface area contributed by atoms with Gasteiger partial charge in [-0.1, -0.05) is 142 Å². The Morgan fingerprint density at radius 2 is 0.538 bits per heavy atom. The van der Waals surface area contributed by atoms with E-state index in [0.29, 0.717) is 0 Å². The molecule has 0 aliphatic rings. The van der Waals surface area contributed by atoms with Crippen molar-refractivity contribution in [1.29, 1.82) is 0 Å². The minimum atomic E-state index is 1.09. The molecule has 26 heavy (non-hydrogen) atoms. The lowest BCUT2D eigenvalue weighted by Crippen LogP contribution is -1.83. The molecule has 0 N–H and O–H groups in total. The molecule has 154 valence electrons. The van der Waals surface area contributed by atoms with Crippen molar-refractivity contribution in [3.05, 3.63) is 26.0 Å². The summed E-state index contributed by atoms with van der Waals surface area (Å²) in [6.07, 6.45) is 35.2. The van der Waals surface area contributed by atoms with Crippen LogP contribution in [-0.4, -0.2) is 0 Å². The molecule has 0 bridgehead atoms. The lowest BCUT2D eigenvalue weighted by molar-refractivity contribution is 0.528. The highest BCUT2D eigenvalue weighted by atomic mass is 14.0. The van der Waals surface area contributed by atoms with Crippen molar-refractivity contribution in [2.45, 2.75) is 141 Å². The van der Waals surface area contributed by atoms with E-state index in [0.717, 1.165) is 12.8 Å². The molecule has 0 aromatic heterocycles. The summed E-state index contributed by atoms with van der Waals surface area (Å²) in [4.78, 5) is 0. The van der Waals surface area contributed by atoms with Gasteiger partial charge in [0.1, 0.15) is 0 Å². The van der Waals surface area contributed by atoms with Crippen molar-refractivity contribution in [2.75, 3.05) is 0 Å². The van der Waals surface area contributed by atoms with E-state index in [1.165, 1.54) is 128 Å². The highest BCUT2D eigenvalue weighted by Crippen LogP contribution is 2.14. The van der Waals surface area contributed by atoms with Crippen LogP contribution in [0.3, 0.4) is 0 Å². The van der Waals surface area contributed by atoms with E-state index in [2.05, 4.69) is 26.0 Å². The van der Waals surface area contributed by atoms with E-state index < -0.39 is 0 Å². The second-order valence-electron chi connectivity index (χ2n) is 8.12. The molecule has 0 spiro atoms. The third kappa shape index (κ3) is 23.7. The highest BCUT2D eigenvalue weighted by Gasteiger charge is 1.94. The molecular weight excluding hydrogens is 312 g/mol. The van der Waals surface area contributed by atoms with Gasteiger partial charge < -0.3 is 0 Å². The molecule has 0 fully saturated rings. The van der Waals surface area contributed by atoms with Crippen LogP contribution in [0.5, 0.6) is 0 Å². The molecule has 0 heteroatoms.